The van der Waals surface area contributed by atoms with Crippen molar-refractivity contribution < 1.29 is 0 Å². The van der Waals surface area contributed by atoms with Crippen molar-refractivity contribution in [1.29, 1.82) is 0 Å². The van der Waals surface area contributed by atoms with Crippen molar-refractivity contribution in [2.75, 3.05) is 0 Å². The van der Waals surface area contributed by atoms with E-state index < -0.39 is 0 Å². The number of aryl methyl sites for hydroxylation is 2. The summed E-state index contributed by atoms with van der Waals surface area (Å²) in [5, 5.41) is 0.536. The van der Waals surface area contributed by atoms with E-state index >= 15 is 0 Å². The molecule has 0 aliphatic rings. The molecule has 94 valence electrons. The number of rotatable bonds is 2. The largest absolute Gasteiger partial charge is 0.233 e. The number of hydrogen-bond donors (Lipinski definition) is 0. The number of halogens is 2. The molecule has 0 unspecified atom stereocenters. The average molecular weight is 326 g/mol. The highest BCUT2D eigenvalue weighted by atomic mass is 79.9. The standard InChI is InChI=1S/C14H14BrClN2/c1-4-12-9(3)13(16)18-14(17-12)10-6-5-8(2)11(15)7-10/h5-7H,4H2,1-3H3. The molecule has 0 atom stereocenters. The lowest BCUT2D eigenvalue weighted by atomic mass is 10.1. The van der Waals surface area contributed by atoms with Crippen LogP contribution in [0.5, 0.6) is 0 Å². The van der Waals surface area contributed by atoms with Crippen LogP contribution in [0.25, 0.3) is 11.4 Å². The maximum absolute atomic E-state index is 6.16. The lowest BCUT2D eigenvalue weighted by molar-refractivity contribution is 0.976. The molecule has 0 radical (unpaired) electrons. The van der Waals surface area contributed by atoms with E-state index in [-0.39, 0.29) is 0 Å². The number of hydrogen-bond acceptors (Lipinski definition) is 2. The van der Waals surface area contributed by atoms with Crippen molar-refractivity contribution in [1.82, 2.24) is 9.97 Å². The minimum absolute atomic E-state index is 0.536. The molecule has 1 heterocycles. The Hall–Kier alpha value is -0.930. The third-order valence-corrected chi connectivity index (χ3v) is 4.17. The van der Waals surface area contributed by atoms with E-state index in [2.05, 4.69) is 32.8 Å². The van der Waals surface area contributed by atoms with Gasteiger partial charge in [0.1, 0.15) is 5.15 Å². The Morgan fingerprint density at radius 2 is 1.94 bits per heavy atom. The van der Waals surface area contributed by atoms with E-state index in [1.54, 1.807) is 0 Å². The molecule has 0 spiro atoms. The summed E-state index contributed by atoms with van der Waals surface area (Å²) in [6.07, 6.45) is 0.855. The first-order valence-corrected chi connectivity index (χ1v) is 6.99. The van der Waals surface area contributed by atoms with Crippen LogP contribution in [-0.4, -0.2) is 9.97 Å². The molecule has 1 aromatic carbocycles. The van der Waals surface area contributed by atoms with Gasteiger partial charge in [-0.05, 0) is 31.9 Å². The van der Waals surface area contributed by atoms with Gasteiger partial charge in [-0.3, -0.25) is 0 Å². The molecule has 0 saturated heterocycles. The monoisotopic (exact) mass is 324 g/mol. The molecule has 4 heteroatoms. The van der Waals surface area contributed by atoms with Gasteiger partial charge in [0, 0.05) is 21.3 Å². The fourth-order valence-corrected chi connectivity index (χ4v) is 2.31. The zero-order chi connectivity index (χ0) is 13.3. The smallest absolute Gasteiger partial charge is 0.161 e. The zero-order valence-corrected chi connectivity index (χ0v) is 12.9. The number of aromatic nitrogens is 2. The van der Waals surface area contributed by atoms with Crippen LogP contribution in [0.4, 0.5) is 0 Å². The van der Waals surface area contributed by atoms with Crippen molar-refractivity contribution in [2.24, 2.45) is 0 Å². The third kappa shape index (κ3) is 2.57. The Balaban J connectivity index is 2.57. The zero-order valence-electron chi connectivity index (χ0n) is 10.6. The lowest BCUT2D eigenvalue weighted by Gasteiger charge is -2.08. The second-order valence-electron chi connectivity index (χ2n) is 4.23. The summed E-state index contributed by atoms with van der Waals surface area (Å²) in [7, 11) is 0. The van der Waals surface area contributed by atoms with Crippen molar-refractivity contribution >= 4 is 27.5 Å². The van der Waals surface area contributed by atoms with Gasteiger partial charge in [-0.1, -0.05) is 46.6 Å². The third-order valence-electron chi connectivity index (χ3n) is 2.95. The molecule has 2 rings (SSSR count). The highest BCUT2D eigenvalue weighted by molar-refractivity contribution is 9.10. The summed E-state index contributed by atoms with van der Waals surface area (Å²) in [5.74, 6) is 0.683. The minimum atomic E-state index is 0.536. The van der Waals surface area contributed by atoms with Crippen LogP contribution in [0.1, 0.15) is 23.7 Å². The molecule has 18 heavy (non-hydrogen) atoms. The maximum atomic E-state index is 6.16. The van der Waals surface area contributed by atoms with E-state index in [1.807, 2.05) is 32.0 Å². The van der Waals surface area contributed by atoms with Gasteiger partial charge < -0.3 is 0 Å². The molecule has 0 amide bonds. The summed E-state index contributed by atoms with van der Waals surface area (Å²) < 4.78 is 1.05. The van der Waals surface area contributed by atoms with Crippen LogP contribution < -0.4 is 0 Å². The van der Waals surface area contributed by atoms with Gasteiger partial charge in [-0.15, -0.1) is 0 Å². The van der Waals surface area contributed by atoms with Gasteiger partial charge in [0.05, 0.1) is 0 Å². The first-order valence-electron chi connectivity index (χ1n) is 5.82. The summed E-state index contributed by atoms with van der Waals surface area (Å²) in [5.41, 5.74) is 4.13. The molecule has 2 aromatic rings. The molecular weight excluding hydrogens is 312 g/mol. The van der Waals surface area contributed by atoms with Gasteiger partial charge in [-0.2, -0.15) is 0 Å². The molecule has 2 nitrogen and oxygen atoms in total. The lowest BCUT2D eigenvalue weighted by Crippen LogP contribution is -1.99. The minimum Gasteiger partial charge on any atom is -0.233 e. The molecule has 0 bridgehead atoms. The highest BCUT2D eigenvalue weighted by Gasteiger charge is 2.10. The molecule has 0 fully saturated rings. The fraction of sp³-hybridized carbons (Fsp3) is 0.286. The van der Waals surface area contributed by atoms with Gasteiger partial charge in [0.15, 0.2) is 5.82 Å². The second-order valence-corrected chi connectivity index (χ2v) is 5.44. The first-order chi connectivity index (χ1) is 8.52. The predicted octanol–water partition coefficient (Wildman–Crippen LogP) is 4.74. The molecule has 1 aromatic heterocycles. The Kier molecular flexibility index (Phi) is 4.03. The molecule has 0 aliphatic carbocycles. The molecule has 0 N–H and O–H groups in total. The van der Waals surface area contributed by atoms with E-state index in [4.69, 9.17) is 11.6 Å². The number of nitrogens with zero attached hydrogens (tertiary/aromatic N) is 2. The normalized spacial score (nSPS) is 10.7. The van der Waals surface area contributed by atoms with Crippen molar-refractivity contribution in [3.8, 4) is 11.4 Å². The number of benzene rings is 1. The fourth-order valence-electron chi connectivity index (χ4n) is 1.74. The topological polar surface area (TPSA) is 25.8 Å². The second kappa shape index (κ2) is 5.37. The predicted molar refractivity (Wildman–Crippen MR) is 79.0 cm³/mol. The summed E-state index contributed by atoms with van der Waals surface area (Å²) >= 11 is 9.68. The van der Waals surface area contributed by atoms with Crippen LogP contribution in [0.2, 0.25) is 5.15 Å². The van der Waals surface area contributed by atoms with Crippen LogP contribution in [0.3, 0.4) is 0 Å². The van der Waals surface area contributed by atoms with Crippen LogP contribution in [0.15, 0.2) is 22.7 Å². The van der Waals surface area contributed by atoms with Crippen LogP contribution in [-0.2, 0) is 6.42 Å². The van der Waals surface area contributed by atoms with E-state index in [1.165, 1.54) is 5.56 Å². The van der Waals surface area contributed by atoms with Crippen molar-refractivity contribution in [2.45, 2.75) is 27.2 Å². The quantitative estimate of drug-likeness (QED) is 0.745. The van der Waals surface area contributed by atoms with Crippen LogP contribution in [0, 0.1) is 13.8 Å². The van der Waals surface area contributed by atoms with E-state index in [9.17, 15) is 0 Å². The van der Waals surface area contributed by atoms with E-state index in [0.29, 0.717) is 11.0 Å². The van der Waals surface area contributed by atoms with Crippen molar-refractivity contribution in [3.05, 3.63) is 44.6 Å². The van der Waals surface area contributed by atoms with Crippen LogP contribution >= 0.6 is 27.5 Å². The molecule has 0 aliphatic heterocycles. The Morgan fingerprint density at radius 1 is 1.22 bits per heavy atom. The Morgan fingerprint density at radius 3 is 2.56 bits per heavy atom. The van der Waals surface area contributed by atoms with Gasteiger partial charge >= 0.3 is 0 Å². The summed E-state index contributed by atoms with van der Waals surface area (Å²) in [6.45, 7) is 6.07. The van der Waals surface area contributed by atoms with Crippen molar-refractivity contribution in [3.63, 3.8) is 0 Å². The highest BCUT2D eigenvalue weighted by Crippen LogP contribution is 2.26. The van der Waals surface area contributed by atoms with E-state index in [0.717, 1.165) is 27.7 Å². The molecular formula is C14H14BrClN2. The van der Waals surface area contributed by atoms with Gasteiger partial charge in [0.2, 0.25) is 0 Å². The maximum Gasteiger partial charge on any atom is 0.161 e. The summed E-state index contributed by atoms with van der Waals surface area (Å²) in [6, 6.07) is 6.08. The van der Waals surface area contributed by atoms with Gasteiger partial charge in [0.25, 0.3) is 0 Å². The first kappa shape index (κ1) is 13.5. The average Bonchev–Trinajstić information content (AvgIpc) is 2.36. The van der Waals surface area contributed by atoms with Gasteiger partial charge in [-0.25, -0.2) is 9.97 Å². The Bertz CT molecular complexity index is 597. The SMILES string of the molecule is CCc1nc(-c2ccc(C)c(Br)c2)nc(Cl)c1C. The summed E-state index contributed by atoms with van der Waals surface area (Å²) in [4.78, 5) is 8.93. The Labute approximate surface area is 121 Å². The molecule has 0 saturated carbocycles.